The summed E-state index contributed by atoms with van der Waals surface area (Å²) in [7, 11) is 0. The molecule has 0 aromatic carbocycles. The summed E-state index contributed by atoms with van der Waals surface area (Å²) in [6, 6.07) is 1.34. The van der Waals surface area contributed by atoms with Crippen LogP contribution >= 0.6 is 0 Å². The standard InChI is InChI=1S/C11H12FN3O/c12-9-6-14-4-3-10(9)15-11(16)7-1-2-8(13)5-7/h1-4,6-8H,5,13H2,(H,14,15,16). The first kappa shape index (κ1) is 10.8. The van der Waals surface area contributed by atoms with Crippen molar-refractivity contribution in [3.8, 4) is 0 Å². The maximum Gasteiger partial charge on any atom is 0.231 e. The molecule has 4 nitrogen and oxygen atoms in total. The highest BCUT2D eigenvalue weighted by Gasteiger charge is 2.23. The van der Waals surface area contributed by atoms with Crippen molar-refractivity contribution < 1.29 is 9.18 Å². The number of anilines is 1. The van der Waals surface area contributed by atoms with Crippen molar-refractivity contribution in [2.24, 2.45) is 11.7 Å². The summed E-state index contributed by atoms with van der Waals surface area (Å²) in [6.45, 7) is 0. The van der Waals surface area contributed by atoms with Crippen molar-refractivity contribution in [3.05, 3.63) is 36.4 Å². The van der Waals surface area contributed by atoms with E-state index in [1.54, 1.807) is 12.2 Å². The van der Waals surface area contributed by atoms with E-state index in [4.69, 9.17) is 5.73 Å². The number of halogens is 1. The molecule has 0 aliphatic heterocycles. The van der Waals surface area contributed by atoms with Gasteiger partial charge in [-0.1, -0.05) is 12.2 Å². The van der Waals surface area contributed by atoms with Crippen molar-refractivity contribution in [2.45, 2.75) is 12.5 Å². The number of aromatic nitrogens is 1. The predicted octanol–water partition coefficient (Wildman–Crippen LogP) is 1.06. The third-order valence-electron chi connectivity index (χ3n) is 2.48. The van der Waals surface area contributed by atoms with E-state index in [9.17, 15) is 9.18 Å². The summed E-state index contributed by atoms with van der Waals surface area (Å²) >= 11 is 0. The van der Waals surface area contributed by atoms with E-state index in [-0.39, 0.29) is 23.6 Å². The van der Waals surface area contributed by atoms with Crippen LogP contribution in [-0.4, -0.2) is 16.9 Å². The van der Waals surface area contributed by atoms with E-state index in [2.05, 4.69) is 10.3 Å². The molecule has 3 N–H and O–H groups in total. The lowest BCUT2D eigenvalue weighted by Gasteiger charge is -2.10. The van der Waals surface area contributed by atoms with Gasteiger partial charge >= 0.3 is 0 Å². The molecule has 1 heterocycles. The lowest BCUT2D eigenvalue weighted by Crippen LogP contribution is -2.24. The fraction of sp³-hybridized carbons (Fsp3) is 0.273. The van der Waals surface area contributed by atoms with Crippen LogP contribution < -0.4 is 11.1 Å². The Morgan fingerprint density at radius 2 is 2.38 bits per heavy atom. The lowest BCUT2D eigenvalue weighted by molar-refractivity contribution is -0.118. The van der Waals surface area contributed by atoms with Gasteiger partial charge in [0.1, 0.15) is 0 Å². The first-order valence-electron chi connectivity index (χ1n) is 5.01. The van der Waals surface area contributed by atoms with Crippen LogP contribution in [0.3, 0.4) is 0 Å². The zero-order valence-corrected chi connectivity index (χ0v) is 8.56. The van der Waals surface area contributed by atoms with E-state index >= 15 is 0 Å². The number of nitrogens with zero attached hydrogens (tertiary/aromatic N) is 1. The van der Waals surface area contributed by atoms with Crippen LogP contribution in [0.1, 0.15) is 6.42 Å². The van der Waals surface area contributed by atoms with Crippen LogP contribution in [0, 0.1) is 11.7 Å². The summed E-state index contributed by atoms with van der Waals surface area (Å²) in [5.41, 5.74) is 5.78. The molecule has 84 valence electrons. The number of nitrogens with one attached hydrogen (secondary N) is 1. The Labute approximate surface area is 92.4 Å². The minimum atomic E-state index is -0.540. The van der Waals surface area contributed by atoms with Crippen molar-refractivity contribution >= 4 is 11.6 Å². The monoisotopic (exact) mass is 221 g/mol. The molecule has 0 saturated carbocycles. The van der Waals surface area contributed by atoms with Gasteiger partial charge in [-0.15, -0.1) is 0 Å². The summed E-state index contributed by atoms with van der Waals surface area (Å²) in [5, 5.41) is 2.51. The molecule has 16 heavy (non-hydrogen) atoms. The Balaban J connectivity index is 2.03. The summed E-state index contributed by atoms with van der Waals surface area (Å²) < 4.78 is 13.2. The van der Waals surface area contributed by atoms with Gasteiger partial charge in [0.05, 0.1) is 17.8 Å². The van der Waals surface area contributed by atoms with Gasteiger partial charge in [-0.25, -0.2) is 4.39 Å². The number of amides is 1. The van der Waals surface area contributed by atoms with Crippen LogP contribution in [0.15, 0.2) is 30.6 Å². The molecule has 1 aromatic heterocycles. The van der Waals surface area contributed by atoms with Crippen molar-refractivity contribution in [1.82, 2.24) is 4.98 Å². The van der Waals surface area contributed by atoms with Crippen LogP contribution in [0.2, 0.25) is 0 Å². The Kier molecular flexibility index (Phi) is 2.96. The molecule has 0 fully saturated rings. The van der Waals surface area contributed by atoms with Gasteiger partial charge < -0.3 is 11.1 Å². The predicted molar refractivity (Wildman–Crippen MR) is 58.0 cm³/mol. The quantitative estimate of drug-likeness (QED) is 0.734. The summed E-state index contributed by atoms with van der Waals surface area (Å²) in [5.74, 6) is -1.06. The van der Waals surface area contributed by atoms with Crippen LogP contribution in [0.25, 0.3) is 0 Å². The van der Waals surface area contributed by atoms with Crippen LogP contribution in [0.4, 0.5) is 10.1 Å². The van der Waals surface area contributed by atoms with Gasteiger partial charge in [0, 0.05) is 12.2 Å². The Bertz CT molecular complexity index is 433. The number of pyridine rings is 1. The summed E-state index contributed by atoms with van der Waals surface area (Å²) in [4.78, 5) is 15.3. The van der Waals surface area contributed by atoms with Gasteiger partial charge in [0.25, 0.3) is 0 Å². The van der Waals surface area contributed by atoms with Crippen LogP contribution in [0.5, 0.6) is 0 Å². The Morgan fingerprint density at radius 1 is 1.56 bits per heavy atom. The molecule has 0 bridgehead atoms. The second-order valence-electron chi connectivity index (χ2n) is 3.74. The largest absolute Gasteiger partial charge is 0.324 e. The topological polar surface area (TPSA) is 68.0 Å². The fourth-order valence-corrected chi connectivity index (χ4v) is 1.62. The highest BCUT2D eigenvalue weighted by molar-refractivity contribution is 5.94. The van der Waals surface area contributed by atoms with Crippen molar-refractivity contribution in [2.75, 3.05) is 5.32 Å². The fourth-order valence-electron chi connectivity index (χ4n) is 1.62. The second-order valence-corrected chi connectivity index (χ2v) is 3.74. The van der Waals surface area contributed by atoms with E-state index in [0.29, 0.717) is 6.42 Å². The SMILES string of the molecule is NC1C=CC(C(=O)Nc2ccncc2F)C1. The second kappa shape index (κ2) is 4.40. The zero-order chi connectivity index (χ0) is 11.5. The maximum atomic E-state index is 13.2. The lowest BCUT2D eigenvalue weighted by atomic mass is 10.1. The summed E-state index contributed by atoms with van der Waals surface area (Å²) in [6.07, 6.45) is 6.59. The molecule has 0 radical (unpaired) electrons. The Morgan fingerprint density at radius 3 is 3.00 bits per heavy atom. The number of hydrogen-bond donors (Lipinski definition) is 2. The highest BCUT2D eigenvalue weighted by Crippen LogP contribution is 2.19. The third-order valence-corrected chi connectivity index (χ3v) is 2.48. The van der Waals surface area contributed by atoms with Gasteiger partial charge in [-0.3, -0.25) is 9.78 Å². The van der Waals surface area contributed by atoms with Gasteiger partial charge in [-0.05, 0) is 12.5 Å². The molecule has 5 heteroatoms. The number of carbonyl (C=O) groups is 1. The first-order valence-corrected chi connectivity index (χ1v) is 5.01. The molecule has 0 spiro atoms. The highest BCUT2D eigenvalue weighted by atomic mass is 19.1. The number of carbonyl (C=O) groups excluding carboxylic acids is 1. The number of nitrogens with two attached hydrogens (primary N) is 1. The normalized spacial score (nSPS) is 23.4. The maximum absolute atomic E-state index is 13.2. The third kappa shape index (κ3) is 2.25. The molecule has 1 amide bonds. The molecule has 2 unspecified atom stereocenters. The van der Waals surface area contributed by atoms with E-state index in [0.717, 1.165) is 6.20 Å². The molecule has 1 aliphatic rings. The van der Waals surface area contributed by atoms with E-state index < -0.39 is 5.82 Å². The van der Waals surface area contributed by atoms with Gasteiger partial charge in [-0.2, -0.15) is 0 Å². The van der Waals surface area contributed by atoms with Crippen LogP contribution in [-0.2, 0) is 4.79 Å². The molecule has 1 aromatic rings. The minimum Gasteiger partial charge on any atom is -0.324 e. The molecule has 2 rings (SSSR count). The minimum absolute atomic E-state index is 0.0852. The molecular weight excluding hydrogens is 209 g/mol. The van der Waals surface area contributed by atoms with Crippen molar-refractivity contribution in [1.29, 1.82) is 0 Å². The molecule has 0 saturated heterocycles. The average molecular weight is 221 g/mol. The first-order chi connectivity index (χ1) is 7.66. The molecule has 2 atom stereocenters. The van der Waals surface area contributed by atoms with E-state index in [1.807, 2.05) is 0 Å². The van der Waals surface area contributed by atoms with Gasteiger partial charge in [0.15, 0.2) is 5.82 Å². The molecule has 1 aliphatic carbocycles. The Hall–Kier alpha value is -1.75. The van der Waals surface area contributed by atoms with E-state index in [1.165, 1.54) is 12.3 Å². The number of rotatable bonds is 2. The van der Waals surface area contributed by atoms with Crippen molar-refractivity contribution in [3.63, 3.8) is 0 Å². The smallest absolute Gasteiger partial charge is 0.231 e. The number of hydrogen-bond acceptors (Lipinski definition) is 3. The van der Waals surface area contributed by atoms with Gasteiger partial charge in [0.2, 0.25) is 5.91 Å². The zero-order valence-electron chi connectivity index (χ0n) is 8.56. The molecular formula is C11H12FN3O. The average Bonchev–Trinajstić information content (AvgIpc) is 2.68.